The maximum absolute atomic E-state index is 12.4. The fourth-order valence-electron chi connectivity index (χ4n) is 3.10. The molecule has 1 aromatic heterocycles. The molecule has 0 spiro atoms. The standard InChI is InChI=1S/C16H17NO3S/c1-9-13(16(19)20-2)15(12-7-4-8-21-12)14-10(17-9)5-3-6-11(14)18/h4,7-8,15,17H,3,5-6H2,1-2H3/t15-/m0/s1. The molecular formula is C16H17NO3S. The lowest BCUT2D eigenvalue weighted by atomic mass is 9.78. The van der Waals surface area contributed by atoms with Gasteiger partial charge in [0.1, 0.15) is 0 Å². The third kappa shape index (κ3) is 2.31. The number of hydrogen-bond donors (Lipinski definition) is 1. The first-order chi connectivity index (χ1) is 10.1. The van der Waals surface area contributed by atoms with E-state index in [-0.39, 0.29) is 17.7 Å². The largest absolute Gasteiger partial charge is 0.466 e. The average Bonchev–Trinajstić information content (AvgIpc) is 2.99. The maximum atomic E-state index is 12.4. The molecule has 0 saturated heterocycles. The van der Waals surface area contributed by atoms with Gasteiger partial charge in [0.25, 0.3) is 0 Å². The van der Waals surface area contributed by atoms with Crippen molar-refractivity contribution in [2.45, 2.75) is 32.1 Å². The maximum Gasteiger partial charge on any atom is 0.336 e. The molecule has 1 aliphatic heterocycles. The third-order valence-electron chi connectivity index (χ3n) is 4.01. The average molecular weight is 303 g/mol. The Bertz CT molecular complexity index is 655. The van der Waals surface area contributed by atoms with Crippen molar-refractivity contribution < 1.29 is 14.3 Å². The summed E-state index contributed by atoms with van der Waals surface area (Å²) >= 11 is 1.56. The zero-order valence-corrected chi connectivity index (χ0v) is 12.9. The van der Waals surface area contributed by atoms with Crippen LogP contribution in [0.5, 0.6) is 0 Å². The zero-order chi connectivity index (χ0) is 15.0. The molecule has 0 unspecified atom stereocenters. The van der Waals surface area contributed by atoms with E-state index in [9.17, 15) is 9.59 Å². The van der Waals surface area contributed by atoms with Gasteiger partial charge in [-0.05, 0) is 31.2 Å². The fraction of sp³-hybridized carbons (Fsp3) is 0.375. The predicted molar refractivity (Wildman–Crippen MR) is 80.8 cm³/mol. The molecule has 110 valence electrons. The fourth-order valence-corrected chi connectivity index (χ4v) is 3.95. The number of esters is 1. The van der Waals surface area contributed by atoms with Crippen LogP contribution < -0.4 is 5.32 Å². The van der Waals surface area contributed by atoms with Crippen LogP contribution in [0.1, 0.15) is 37.0 Å². The minimum absolute atomic E-state index is 0.135. The zero-order valence-electron chi connectivity index (χ0n) is 12.1. The van der Waals surface area contributed by atoms with E-state index in [1.54, 1.807) is 11.3 Å². The van der Waals surface area contributed by atoms with Crippen molar-refractivity contribution in [1.82, 2.24) is 5.32 Å². The molecule has 0 bridgehead atoms. The summed E-state index contributed by atoms with van der Waals surface area (Å²) in [7, 11) is 1.38. The molecule has 2 aliphatic rings. The number of ether oxygens (including phenoxy) is 1. The molecule has 1 aromatic rings. The minimum atomic E-state index is -0.372. The highest BCUT2D eigenvalue weighted by molar-refractivity contribution is 7.10. The summed E-state index contributed by atoms with van der Waals surface area (Å²) in [6.07, 6.45) is 2.27. The van der Waals surface area contributed by atoms with Gasteiger partial charge in [-0.1, -0.05) is 6.07 Å². The molecule has 4 nitrogen and oxygen atoms in total. The van der Waals surface area contributed by atoms with Gasteiger partial charge in [0.2, 0.25) is 0 Å². The van der Waals surface area contributed by atoms with Gasteiger partial charge in [-0.25, -0.2) is 4.79 Å². The van der Waals surface area contributed by atoms with Crippen LogP contribution in [0.4, 0.5) is 0 Å². The summed E-state index contributed by atoms with van der Waals surface area (Å²) in [4.78, 5) is 25.7. The number of methoxy groups -OCH3 is 1. The first-order valence-corrected chi connectivity index (χ1v) is 7.87. The van der Waals surface area contributed by atoms with Crippen molar-refractivity contribution in [3.8, 4) is 0 Å². The molecule has 0 amide bonds. The third-order valence-corrected chi connectivity index (χ3v) is 4.95. The quantitative estimate of drug-likeness (QED) is 0.854. The molecule has 5 heteroatoms. The second-order valence-corrected chi connectivity index (χ2v) is 6.25. The van der Waals surface area contributed by atoms with Crippen molar-refractivity contribution in [2.24, 2.45) is 0 Å². The summed E-state index contributed by atoms with van der Waals surface area (Å²) < 4.78 is 4.94. The van der Waals surface area contributed by atoms with Gasteiger partial charge in [-0.15, -0.1) is 11.3 Å². The highest BCUT2D eigenvalue weighted by atomic mass is 32.1. The van der Waals surface area contributed by atoms with Crippen molar-refractivity contribution in [3.63, 3.8) is 0 Å². The number of thiophene rings is 1. The van der Waals surface area contributed by atoms with Crippen molar-refractivity contribution in [3.05, 3.63) is 44.9 Å². The second kappa shape index (κ2) is 5.48. The van der Waals surface area contributed by atoms with Crippen molar-refractivity contribution >= 4 is 23.1 Å². The van der Waals surface area contributed by atoms with Crippen LogP contribution >= 0.6 is 11.3 Å². The van der Waals surface area contributed by atoms with Crippen molar-refractivity contribution in [1.29, 1.82) is 0 Å². The van der Waals surface area contributed by atoms with Crippen LogP contribution in [-0.4, -0.2) is 18.9 Å². The molecule has 1 aliphatic carbocycles. The summed E-state index contributed by atoms with van der Waals surface area (Å²) in [6, 6.07) is 3.92. The smallest absolute Gasteiger partial charge is 0.336 e. The highest BCUT2D eigenvalue weighted by Gasteiger charge is 2.39. The Morgan fingerprint density at radius 1 is 1.43 bits per heavy atom. The molecule has 1 N–H and O–H groups in total. The number of dihydropyridines is 1. The normalized spacial score (nSPS) is 22.0. The molecule has 1 atom stereocenters. The SMILES string of the molecule is COC(=O)C1=C(C)NC2=C(C(=O)CCC2)[C@H]1c1cccs1. The van der Waals surface area contributed by atoms with Crippen LogP contribution in [0.15, 0.2) is 40.1 Å². The van der Waals surface area contributed by atoms with Gasteiger partial charge in [0.05, 0.1) is 18.6 Å². The van der Waals surface area contributed by atoms with E-state index in [0.717, 1.165) is 34.7 Å². The van der Waals surface area contributed by atoms with E-state index < -0.39 is 0 Å². The van der Waals surface area contributed by atoms with Gasteiger partial charge in [0, 0.05) is 28.3 Å². The molecular weight excluding hydrogens is 286 g/mol. The summed E-state index contributed by atoms with van der Waals surface area (Å²) in [5.74, 6) is -0.527. The minimum Gasteiger partial charge on any atom is -0.466 e. The lowest BCUT2D eigenvalue weighted by Gasteiger charge is -2.33. The van der Waals surface area contributed by atoms with Gasteiger partial charge < -0.3 is 10.1 Å². The van der Waals surface area contributed by atoms with Gasteiger partial charge in [-0.3, -0.25) is 4.79 Å². The van der Waals surface area contributed by atoms with Gasteiger partial charge in [-0.2, -0.15) is 0 Å². The summed E-state index contributed by atoms with van der Waals surface area (Å²) in [5.41, 5.74) is 3.05. The molecule has 0 saturated carbocycles. The van der Waals surface area contributed by atoms with Gasteiger partial charge in [0.15, 0.2) is 5.78 Å². The van der Waals surface area contributed by atoms with Gasteiger partial charge >= 0.3 is 5.97 Å². The Hall–Kier alpha value is -1.88. The van der Waals surface area contributed by atoms with Crippen LogP contribution in [0.2, 0.25) is 0 Å². The number of allylic oxidation sites excluding steroid dienone is 3. The number of hydrogen-bond acceptors (Lipinski definition) is 5. The second-order valence-electron chi connectivity index (χ2n) is 5.27. The monoisotopic (exact) mass is 303 g/mol. The lowest BCUT2D eigenvalue weighted by Crippen LogP contribution is -2.33. The number of Topliss-reactive ketones (excluding diaryl/α,β-unsaturated/α-hetero) is 1. The van der Waals surface area contributed by atoms with E-state index in [4.69, 9.17) is 4.74 Å². The van der Waals surface area contributed by atoms with Crippen LogP contribution in [0, 0.1) is 0 Å². The Labute approximate surface area is 127 Å². The van der Waals surface area contributed by atoms with Crippen LogP contribution in [-0.2, 0) is 14.3 Å². The van der Waals surface area contributed by atoms with Crippen LogP contribution in [0.3, 0.4) is 0 Å². The van der Waals surface area contributed by atoms with E-state index in [0.29, 0.717) is 12.0 Å². The Morgan fingerprint density at radius 3 is 2.90 bits per heavy atom. The number of carbonyl (C=O) groups excluding carboxylic acids is 2. The molecule has 0 radical (unpaired) electrons. The predicted octanol–water partition coefficient (Wildman–Crippen LogP) is 2.89. The first kappa shape index (κ1) is 14.1. The number of nitrogens with one attached hydrogen (secondary N) is 1. The van der Waals surface area contributed by atoms with E-state index in [2.05, 4.69) is 5.32 Å². The molecule has 2 heterocycles. The van der Waals surface area contributed by atoms with E-state index in [1.807, 2.05) is 24.4 Å². The topological polar surface area (TPSA) is 55.4 Å². The van der Waals surface area contributed by atoms with E-state index >= 15 is 0 Å². The van der Waals surface area contributed by atoms with E-state index in [1.165, 1.54) is 7.11 Å². The highest BCUT2D eigenvalue weighted by Crippen LogP contribution is 2.43. The summed E-state index contributed by atoms with van der Waals surface area (Å²) in [5, 5.41) is 5.22. The Balaban J connectivity index is 2.17. The molecule has 3 rings (SSSR count). The molecule has 21 heavy (non-hydrogen) atoms. The van der Waals surface area contributed by atoms with Crippen molar-refractivity contribution in [2.75, 3.05) is 7.11 Å². The molecule has 0 fully saturated rings. The number of ketones is 1. The Morgan fingerprint density at radius 2 is 2.24 bits per heavy atom. The van der Waals surface area contributed by atoms with Crippen LogP contribution in [0.25, 0.3) is 0 Å². The lowest BCUT2D eigenvalue weighted by molar-refractivity contribution is -0.136. The number of rotatable bonds is 2. The molecule has 0 aromatic carbocycles. The Kier molecular flexibility index (Phi) is 3.68. The number of carbonyl (C=O) groups is 2. The first-order valence-electron chi connectivity index (χ1n) is 6.99. The summed E-state index contributed by atoms with van der Waals surface area (Å²) in [6.45, 7) is 1.87.